The molecule has 0 aliphatic heterocycles. The zero-order chi connectivity index (χ0) is 24.8. The second-order valence-electron chi connectivity index (χ2n) is 8.89. The van der Waals surface area contributed by atoms with Gasteiger partial charge in [0.1, 0.15) is 0 Å². The van der Waals surface area contributed by atoms with Crippen molar-refractivity contribution in [3.63, 3.8) is 0 Å². The molecular weight excluding hydrogens is 424 g/mol. The molecule has 2 N–H and O–H groups in total. The minimum atomic E-state index is 0.00169. The number of amides is 2. The van der Waals surface area contributed by atoms with Crippen LogP contribution in [0.1, 0.15) is 73.1 Å². The molecule has 0 heterocycles. The van der Waals surface area contributed by atoms with Crippen molar-refractivity contribution >= 4 is 11.8 Å². The SMILES string of the molecule is CCCCCNCN(C)C(=O)c1ccc(-c2ccc(C(=O)N(C)CNCCCCC)cc2)cc1. The van der Waals surface area contributed by atoms with E-state index in [0.717, 1.165) is 37.1 Å². The van der Waals surface area contributed by atoms with Crippen LogP contribution < -0.4 is 10.6 Å². The van der Waals surface area contributed by atoms with E-state index < -0.39 is 0 Å². The Balaban J connectivity index is 1.88. The predicted molar refractivity (Wildman–Crippen MR) is 141 cm³/mol. The van der Waals surface area contributed by atoms with Crippen molar-refractivity contribution in [1.82, 2.24) is 20.4 Å². The average molecular weight is 467 g/mol. The zero-order valence-corrected chi connectivity index (χ0v) is 21.4. The molecule has 2 aromatic rings. The van der Waals surface area contributed by atoms with Crippen LogP contribution >= 0.6 is 0 Å². The van der Waals surface area contributed by atoms with E-state index in [9.17, 15) is 9.59 Å². The fraction of sp³-hybridized carbons (Fsp3) is 0.500. The predicted octanol–water partition coefficient (Wildman–Crippen LogP) is 4.97. The third-order valence-corrected chi connectivity index (χ3v) is 5.90. The maximum atomic E-state index is 12.7. The lowest BCUT2D eigenvalue weighted by Gasteiger charge is -2.18. The third-order valence-electron chi connectivity index (χ3n) is 5.90. The number of unbranched alkanes of at least 4 members (excludes halogenated alkanes) is 4. The molecule has 2 amide bonds. The van der Waals surface area contributed by atoms with Gasteiger partial charge in [0.25, 0.3) is 11.8 Å². The van der Waals surface area contributed by atoms with Gasteiger partial charge in [-0.15, -0.1) is 0 Å². The van der Waals surface area contributed by atoms with Crippen molar-refractivity contribution in [2.45, 2.75) is 52.4 Å². The van der Waals surface area contributed by atoms with Gasteiger partial charge in [0.05, 0.1) is 13.3 Å². The highest BCUT2D eigenvalue weighted by molar-refractivity contribution is 5.95. The summed E-state index contributed by atoms with van der Waals surface area (Å²) in [6.07, 6.45) is 7.04. The lowest BCUT2D eigenvalue weighted by atomic mass is 10.0. The Bertz CT molecular complexity index is 791. The van der Waals surface area contributed by atoms with Crippen molar-refractivity contribution in [3.8, 4) is 11.1 Å². The van der Waals surface area contributed by atoms with Crippen molar-refractivity contribution < 1.29 is 9.59 Å². The van der Waals surface area contributed by atoms with Gasteiger partial charge in [-0.25, -0.2) is 0 Å². The molecule has 6 heteroatoms. The molecule has 0 saturated heterocycles. The first-order chi connectivity index (χ1) is 16.5. The van der Waals surface area contributed by atoms with E-state index in [2.05, 4.69) is 24.5 Å². The van der Waals surface area contributed by atoms with Gasteiger partial charge in [-0.05, 0) is 61.3 Å². The van der Waals surface area contributed by atoms with Crippen LogP contribution in [-0.4, -0.2) is 62.1 Å². The van der Waals surface area contributed by atoms with Gasteiger partial charge in [-0.2, -0.15) is 0 Å². The van der Waals surface area contributed by atoms with Crippen molar-refractivity contribution in [2.24, 2.45) is 0 Å². The molecule has 0 bridgehead atoms. The van der Waals surface area contributed by atoms with Crippen molar-refractivity contribution in [2.75, 3.05) is 40.5 Å². The summed E-state index contributed by atoms with van der Waals surface area (Å²) in [6.45, 7) is 7.30. The van der Waals surface area contributed by atoms with Gasteiger partial charge in [-0.1, -0.05) is 63.8 Å². The first kappa shape index (κ1) is 27.5. The van der Waals surface area contributed by atoms with Crippen LogP contribution in [-0.2, 0) is 0 Å². The Morgan fingerprint density at radius 3 is 1.29 bits per heavy atom. The number of carbonyl (C=O) groups excluding carboxylic acids is 2. The first-order valence-electron chi connectivity index (χ1n) is 12.6. The van der Waals surface area contributed by atoms with E-state index in [0.29, 0.717) is 24.5 Å². The quantitative estimate of drug-likeness (QED) is 0.287. The lowest BCUT2D eigenvalue weighted by molar-refractivity contribution is 0.0776. The number of nitrogens with zero attached hydrogens (tertiary/aromatic N) is 2. The molecule has 0 aromatic heterocycles. The number of carbonyl (C=O) groups is 2. The molecule has 0 atom stereocenters. The minimum Gasteiger partial charge on any atom is -0.329 e. The fourth-order valence-corrected chi connectivity index (χ4v) is 3.69. The molecule has 0 spiro atoms. The number of hydrogen-bond donors (Lipinski definition) is 2. The van der Waals surface area contributed by atoms with Crippen LogP contribution in [0.3, 0.4) is 0 Å². The number of hydrogen-bond acceptors (Lipinski definition) is 4. The summed E-state index contributed by atoms with van der Waals surface area (Å²) < 4.78 is 0. The summed E-state index contributed by atoms with van der Waals surface area (Å²) in [5, 5.41) is 6.64. The van der Waals surface area contributed by atoms with E-state index in [1.807, 2.05) is 62.6 Å². The summed E-state index contributed by atoms with van der Waals surface area (Å²) in [7, 11) is 3.63. The van der Waals surface area contributed by atoms with E-state index in [1.165, 1.54) is 25.7 Å². The van der Waals surface area contributed by atoms with Crippen LogP contribution in [0.5, 0.6) is 0 Å². The van der Waals surface area contributed by atoms with Gasteiger partial charge >= 0.3 is 0 Å². The molecule has 0 radical (unpaired) electrons. The first-order valence-corrected chi connectivity index (χ1v) is 12.6. The third kappa shape index (κ3) is 8.92. The summed E-state index contributed by atoms with van der Waals surface area (Å²) in [6, 6.07) is 15.3. The monoisotopic (exact) mass is 466 g/mol. The Morgan fingerprint density at radius 1 is 0.618 bits per heavy atom. The number of rotatable bonds is 15. The molecule has 34 heavy (non-hydrogen) atoms. The lowest BCUT2D eigenvalue weighted by Crippen LogP contribution is -2.36. The topological polar surface area (TPSA) is 64.7 Å². The van der Waals surface area contributed by atoms with Gasteiger partial charge in [-0.3, -0.25) is 20.2 Å². The van der Waals surface area contributed by atoms with Crippen LogP contribution in [0.2, 0.25) is 0 Å². The zero-order valence-electron chi connectivity index (χ0n) is 21.4. The normalized spacial score (nSPS) is 10.8. The summed E-state index contributed by atoms with van der Waals surface area (Å²) in [4.78, 5) is 28.7. The number of nitrogens with one attached hydrogen (secondary N) is 2. The fourth-order valence-electron chi connectivity index (χ4n) is 3.69. The molecule has 2 aromatic carbocycles. The van der Waals surface area contributed by atoms with E-state index in [1.54, 1.807) is 9.80 Å². The Kier molecular flexibility index (Phi) is 12.4. The molecule has 0 aliphatic rings. The van der Waals surface area contributed by atoms with Crippen LogP contribution in [0.4, 0.5) is 0 Å². The van der Waals surface area contributed by atoms with E-state index in [4.69, 9.17) is 0 Å². The highest BCUT2D eigenvalue weighted by Crippen LogP contribution is 2.21. The standard InChI is InChI=1S/C28H42N4O2/c1-5-7-9-19-29-21-31(3)27(33)25-15-11-23(12-16-25)24-13-17-26(18-14-24)28(34)32(4)22-30-20-10-8-6-2/h11-18,29-30H,5-10,19-22H2,1-4H3. The van der Waals surface area contributed by atoms with Crippen molar-refractivity contribution in [3.05, 3.63) is 59.7 Å². The van der Waals surface area contributed by atoms with Crippen LogP contribution in [0.15, 0.2) is 48.5 Å². The highest BCUT2D eigenvalue weighted by Gasteiger charge is 2.13. The summed E-state index contributed by atoms with van der Waals surface area (Å²) in [5.41, 5.74) is 3.37. The molecule has 0 aliphatic carbocycles. The molecule has 0 unspecified atom stereocenters. The smallest absolute Gasteiger partial charge is 0.254 e. The van der Waals surface area contributed by atoms with Crippen molar-refractivity contribution in [1.29, 1.82) is 0 Å². The van der Waals surface area contributed by atoms with E-state index in [-0.39, 0.29) is 11.8 Å². The maximum Gasteiger partial charge on any atom is 0.254 e. The second kappa shape index (κ2) is 15.3. The molecule has 0 saturated carbocycles. The molecular formula is C28H42N4O2. The molecule has 6 nitrogen and oxygen atoms in total. The Morgan fingerprint density at radius 2 is 0.971 bits per heavy atom. The minimum absolute atomic E-state index is 0.00169. The summed E-state index contributed by atoms with van der Waals surface area (Å²) >= 11 is 0. The Hall–Kier alpha value is -2.70. The highest BCUT2D eigenvalue weighted by atomic mass is 16.2. The van der Waals surface area contributed by atoms with Gasteiger partial charge in [0.15, 0.2) is 0 Å². The molecule has 0 fully saturated rings. The van der Waals surface area contributed by atoms with Gasteiger partial charge in [0, 0.05) is 25.2 Å². The number of benzene rings is 2. The van der Waals surface area contributed by atoms with Gasteiger partial charge < -0.3 is 9.80 Å². The van der Waals surface area contributed by atoms with E-state index >= 15 is 0 Å². The van der Waals surface area contributed by atoms with Gasteiger partial charge in [0.2, 0.25) is 0 Å². The largest absolute Gasteiger partial charge is 0.329 e. The second-order valence-corrected chi connectivity index (χ2v) is 8.89. The van der Waals surface area contributed by atoms with Crippen LogP contribution in [0, 0.1) is 0 Å². The van der Waals surface area contributed by atoms with Crippen LogP contribution in [0.25, 0.3) is 11.1 Å². The maximum absolute atomic E-state index is 12.7. The Labute approximate surface area is 205 Å². The average Bonchev–Trinajstić information content (AvgIpc) is 2.87. The molecule has 2 rings (SSSR count). The summed E-state index contributed by atoms with van der Waals surface area (Å²) in [5.74, 6) is 0.00338. The molecule has 186 valence electrons.